The second kappa shape index (κ2) is 11.8. The molecule has 1 aromatic heterocycles. The molecular weight excluding hydrogens is 583 g/mol. The molecule has 9 aromatic rings. The molecule has 0 radical (unpaired) electrons. The first kappa shape index (κ1) is 27.9. The van der Waals surface area contributed by atoms with Crippen molar-refractivity contribution in [3.63, 3.8) is 0 Å². The molecule has 9 rings (SSSR count). The van der Waals surface area contributed by atoms with Crippen molar-refractivity contribution in [3.05, 3.63) is 188 Å². The van der Waals surface area contributed by atoms with Crippen molar-refractivity contribution in [2.75, 3.05) is 4.90 Å². The van der Waals surface area contributed by atoms with Gasteiger partial charge in [0.05, 0.1) is 0 Å². The minimum atomic E-state index is 0.909. The molecule has 1 heterocycles. The van der Waals surface area contributed by atoms with Gasteiger partial charge in [0.15, 0.2) is 0 Å². The summed E-state index contributed by atoms with van der Waals surface area (Å²) in [5.74, 6) is 0. The van der Waals surface area contributed by atoms with Crippen molar-refractivity contribution in [2.45, 2.75) is 0 Å². The zero-order valence-electron chi connectivity index (χ0n) is 26.3. The summed E-state index contributed by atoms with van der Waals surface area (Å²) in [5.41, 5.74) is 12.3. The quantitative estimate of drug-likeness (QED) is 0.185. The normalized spacial score (nSPS) is 11.3. The Hall–Kier alpha value is -6.38. The van der Waals surface area contributed by atoms with E-state index in [0.29, 0.717) is 0 Å². The van der Waals surface area contributed by atoms with Gasteiger partial charge in [0.25, 0.3) is 0 Å². The van der Waals surface area contributed by atoms with Gasteiger partial charge >= 0.3 is 0 Å². The highest BCUT2D eigenvalue weighted by molar-refractivity contribution is 6.15. The van der Waals surface area contributed by atoms with E-state index in [1.165, 1.54) is 33.2 Å². The molecule has 0 bridgehead atoms. The Morgan fingerprint density at radius 1 is 0.312 bits per heavy atom. The Balaban J connectivity index is 1.05. The average Bonchev–Trinajstić information content (AvgIpc) is 3.55. The smallest absolute Gasteiger partial charge is 0.143 e. The highest BCUT2D eigenvalue weighted by Gasteiger charge is 2.15. The molecule has 0 fully saturated rings. The zero-order valence-corrected chi connectivity index (χ0v) is 26.3. The molecule has 2 nitrogen and oxygen atoms in total. The van der Waals surface area contributed by atoms with Crippen LogP contribution in [-0.2, 0) is 0 Å². The molecule has 0 saturated carbocycles. The van der Waals surface area contributed by atoms with Crippen molar-refractivity contribution in [1.82, 2.24) is 0 Å². The van der Waals surface area contributed by atoms with Crippen LogP contribution in [0.15, 0.2) is 192 Å². The number of nitrogens with zero attached hydrogens (tertiary/aromatic N) is 1. The molecule has 0 aliphatic heterocycles. The predicted molar refractivity (Wildman–Crippen MR) is 202 cm³/mol. The van der Waals surface area contributed by atoms with Crippen LogP contribution in [0.2, 0.25) is 0 Å². The number of benzene rings is 8. The molecular formula is C46H31NO. The van der Waals surface area contributed by atoms with Crippen molar-refractivity contribution in [1.29, 1.82) is 0 Å². The molecule has 226 valence electrons. The fraction of sp³-hybridized carbons (Fsp3) is 0. The van der Waals surface area contributed by atoms with Crippen LogP contribution in [0, 0.1) is 0 Å². The van der Waals surface area contributed by atoms with Crippen LogP contribution < -0.4 is 4.90 Å². The van der Waals surface area contributed by atoms with E-state index < -0.39 is 0 Å². The molecule has 0 spiro atoms. The number of furan rings is 1. The van der Waals surface area contributed by atoms with E-state index in [9.17, 15) is 0 Å². The number of rotatable bonds is 6. The fourth-order valence-corrected chi connectivity index (χ4v) is 6.82. The minimum absolute atomic E-state index is 0.909. The number of anilines is 3. The number of fused-ring (bicyclic) bond motifs is 5. The average molecular weight is 614 g/mol. The highest BCUT2D eigenvalue weighted by Crippen LogP contribution is 2.39. The lowest BCUT2D eigenvalue weighted by molar-refractivity contribution is 0.672. The summed E-state index contributed by atoms with van der Waals surface area (Å²) in [6.45, 7) is 0. The van der Waals surface area contributed by atoms with E-state index in [4.69, 9.17) is 4.42 Å². The summed E-state index contributed by atoms with van der Waals surface area (Å²) in [4.78, 5) is 2.31. The van der Waals surface area contributed by atoms with E-state index in [-0.39, 0.29) is 0 Å². The Bertz CT molecular complexity index is 2530. The van der Waals surface area contributed by atoms with Crippen LogP contribution in [0.25, 0.3) is 66.1 Å². The standard InChI is InChI=1S/C46H31NO/c1-3-10-32(11-4-1)36-13-9-14-37(30-36)33-18-24-40(25-19-33)47(39-15-5-2-6-16-39)41-26-20-34(21-27-41)38-23-29-45-44(31-38)43-28-22-35-12-7-8-17-42(35)46(43)48-45/h1-31H. The van der Waals surface area contributed by atoms with Crippen molar-refractivity contribution >= 4 is 49.8 Å². The lowest BCUT2D eigenvalue weighted by atomic mass is 9.99. The minimum Gasteiger partial charge on any atom is -0.455 e. The Labute approximate surface area is 279 Å². The SMILES string of the molecule is c1ccc(-c2cccc(-c3ccc(N(c4ccccc4)c4ccc(-c5ccc6oc7c8ccccc8ccc7c6c5)cc4)cc3)c2)cc1. The van der Waals surface area contributed by atoms with E-state index >= 15 is 0 Å². The second-order valence-electron chi connectivity index (χ2n) is 12.2. The van der Waals surface area contributed by atoms with Gasteiger partial charge in [0.1, 0.15) is 11.2 Å². The Morgan fingerprint density at radius 3 is 1.52 bits per heavy atom. The lowest BCUT2D eigenvalue weighted by Gasteiger charge is -2.26. The third kappa shape index (κ3) is 5.01. The van der Waals surface area contributed by atoms with E-state index in [0.717, 1.165) is 50.0 Å². The maximum Gasteiger partial charge on any atom is 0.143 e. The van der Waals surface area contributed by atoms with Crippen LogP contribution in [0.3, 0.4) is 0 Å². The van der Waals surface area contributed by atoms with Crippen molar-refractivity contribution in [2.24, 2.45) is 0 Å². The van der Waals surface area contributed by atoms with Gasteiger partial charge in [-0.05, 0) is 99.4 Å². The maximum atomic E-state index is 6.36. The van der Waals surface area contributed by atoms with Crippen LogP contribution >= 0.6 is 0 Å². The molecule has 2 heteroatoms. The molecule has 0 atom stereocenters. The molecule has 8 aromatic carbocycles. The first-order chi connectivity index (χ1) is 23.8. The summed E-state index contributed by atoms with van der Waals surface area (Å²) in [6, 6.07) is 66.9. The third-order valence-electron chi connectivity index (χ3n) is 9.26. The summed E-state index contributed by atoms with van der Waals surface area (Å²) in [7, 11) is 0. The van der Waals surface area contributed by atoms with Gasteiger partial charge in [0, 0.05) is 33.2 Å². The van der Waals surface area contributed by atoms with Gasteiger partial charge in [-0.25, -0.2) is 0 Å². The lowest BCUT2D eigenvalue weighted by Crippen LogP contribution is -2.09. The number of hydrogen-bond acceptors (Lipinski definition) is 2. The molecule has 0 unspecified atom stereocenters. The summed E-state index contributed by atoms with van der Waals surface area (Å²) < 4.78 is 6.36. The molecule has 0 N–H and O–H groups in total. The molecule has 0 saturated heterocycles. The Morgan fingerprint density at radius 2 is 0.833 bits per heavy atom. The monoisotopic (exact) mass is 613 g/mol. The first-order valence-electron chi connectivity index (χ1n) is 16.3. The fourth-order valence-electron chi connectivity index (χ4n) is 6.82. The molecule has 0 amide bonds. The van der Waals surface area contributed by atoms with E-state index in [1.807, 2.05) is 0 Å². The van der Waals surface area contributed by atoms with Gasteiger partial charge in [-0.3, -0.25) is 0 Å². The van der Waals surface area contributed by atoms with Crippen molar-refractivity contribution < 1.29 is 4.42 Å². The molecule has 0 aliphatic rings. The van der Waals surface area contributed by atoms with Crippen LogP contribution in [0.4, 0.5) is 17.1 Å². The van der Waals surface area contributed by atoms with Gasteiger partial charge < -0.3 is 9.32 Å². The number of hydrogen-bond donors (Lipinski definition) is 0. The molecule has 0 aliphatic carbocycles. The topological polar surface area (TPSA) is 16.4 Å². The van der Waals surface area contributed by atoms with Gasteiger partial charge in [-0.1, -0.05) is 127 Å². The van der Waals surface area contributed by atoms with Gasteiger partial charge in [0.2, 0.25) is 0 Å². The summed E-state index contributed by atoms with van der Waals surface area (Å²) >= 11 is 0. The van der Waals surface area contributed by atoms with Crippen LogP contribution in [-0.4, -0.2) is 0 Å². The predicted octanol–water partition coefficient (Wildman–Crippen LogP) is 13.2. The van der Waals surface area contributed by atoms with E-state index in [1.54, 1.807) is 0 Å². The summed E-state index contributed by atoms with van der Waals surface area (Å²) in [6.07, 6.45) is 0. The maximum absolute atomic E-state index is 6.36. The number of para-hydroxylation sites is 1. The van der Waals surface area contributed by atoms with Crippen LogP contribution in [0.5, 0.6) is 0 Å². The summed E-state index contributed by atoms with van der Waals surface area (Å²) in [5, 5.41) is 4.62. The largest absolute Gasteiger partial charge is 0.455 e. The zero-order chi connectivity index (χ0) is 31.9. The van der Waals surface area contributed by atoms with Crippen LogP contribution in [0.1, 0.15) is 0 Å². The van der Waals surface area contributed by atoms with Crippen molar-refractivity contribution in [3.8, 4) is 33.4 Å². The van der Waals surface area contributed by atoms with Gasteiger partial charge in [-0.15, -0.1) is 0 Å². The second-order valence-corrected chi connectivity index (χ2v) is 12.2. The highest BCUT2D eigenvalue weighted by atomic mass is 16.3. The van der Waals surface area contributed by atoms with E-state index in [2.05, 4.69) is 193 Å². The molecule has 48 heavy (non-hydrogen) atoms. The Kier molecular flexibility index (Phi) is 6.84. The first-order valence-corrected chi connectivity index (χ1v) is 16.3. The van der Waals surface area contributed by atoms with Gasteiger partial charge in [-0.2, -0.15) is 0 Å². The third-order valence-corrected chi connectivity index (χ3v) is 9.26.